The van der Waals surface area contributed by atoms with Gasteiger partial charge in [0.25, 0.3) is 0 Å². The lowest BCUT2D eigenvalue weighted by atomic mass is 10.1. The normalized spacial score (nSPS) is 26.0. The van der Waals surface area contributed by atoms with Gasteiger partial charge in [0.1, 0.15) is 0 Å². The van der Waals surface area contributed by atoms with Crippen LogP contribution in [0.2, 0.25) is 0 Å². The molecule has 14 heavy (non-hydrogen) atoms. The summed E-state index contributed by atoms with van der Waals surface area (Å²) < 4.78 is 31.0. The monoisotopic (exact) mass is 222 g/mol. The van der Waals surface area contributed by atoms with Gasteiger partial charge >= 0.3 is 0 Å². The van der Waals surface area contributed by atoms with Gasteiger partial charge in [-0.1, -0.05) is 0 Å². The molecular formula is C8H18N2O3S. The summed E-state index contributed by atoms with van der Waals surface area (Å²) >= 11 is 0. The second-order valence-electron chi connectivity index (χ2n) is 3.62. The number of rotatable bonds is 4. The molecule has 0 saturated carbocycles. The molecule has 1 heterocycles. The molecule has 0 aromatic heterocycles. The van der Waals surface area contributed by atoms with Crippen molar-refractivity contribution in [3.05, 3.63) is 0 Å². The fraction of sp³-hybridized carbons (Fsp3) is 1.00. The molecule has 1 aliphatic rings. The predicted octanol–water partition coefficient (Wildman–Crippen LogP) is -0.568. The van der Waals surface area contributed by atoms with Crippen molar-refractivity contribution in [2.75, 3.05) is 19.8 Å². The average molecular weight is 222 g/mol. The van der Waals surface area contributed by atoms with E-state index in [0.29, 0.717) is 6.61 Å². The third-order valence-electron chi connectivity index (χ3n) is 2.35. The first-order valence-electron chi connectivity index (χ1n) is 4.85. The maximum absolute atomic E-state index is 11.6. The third-order valence-corrected chi connectivity index (χ3v) is 4.27. The van der Waals surface area contributed by atoms with Gasteiger partial charge in [-0.15, -0.1) is 0 Å². The first kappa shape index (κ1) is 11.9. The van der Waals surface area contributed by atoms with Crippen molar-refractivity contribution in [2.24, 2.45) is 5.73 Å². The summed E-state index contributed by atoms with van der Waals surface area (Å²) in [5, 5.41) is -0.538. The minimum Gasteiger partial charge on any atom is -0.380 e. The van der Waals surface area contributed by atoms with Crippen molar-refractivity contribution in [1.82, 2.24) is 4.72 Å². The van der Waals surface area contributed by atoms with Gasteiger partial charge in [-0.25, -0.2) is 13.1 Å². The number of hydrogen-bond acceptors (Lipinski definition) is 4. The first-order valence-corrected chi connectivity index (χ1v) is 6.40. The number of hydrogen-bond donors (Lipinski definition) is 2. The van der Waals surface area contributed by atoms with E-state index >= 15 is 0 Å². The molecule has 0 bridgehead atoms. The lowest BCUT2D eigenvalue weighted by molar-refractivity contribution is 0.0773. The summed E-state index contributed by atoms with van der Waals surface area (Å²) in [5.74, 6) is 0. The summed E-state index contributed by atoms with van der Waals surface area (Å²) in [6.45, 7) is 2.94. The SMILES string of the molecule is CC(CN)S(=O)(=O)NC1CCCOC1. The Morgan fingerprint density at radius 2 is 2.36 bits per heavy atom. The summed E-state index contributed by atoms with van der Waals surface area (Å²) in [5.41, 5.74) is 5.31. The minimum atomic E-state index is -3.26. The van der Waals surface area contributed by atoms with Gasteiger partial charge in [-0.3, -0.25) is 0 Å². The van der Waals surface area contributed by atoms with E-state index in [9.17, 15) is 8.42 Å². The van der Waals surface area contributed by atoms with Crippen LogP contribution in [0.4, 0.5) is 0 Å². The second kappa shape index (κ2) is 5.06. The molecule has 6 heteroatoms. The molecule has 2 atom stereocenters. The van der Waals surface area contributed by atoms with Crippen molar-refractivity contribution >= 4 is 10.0 Å². The van der Waals surface area contributed by atoms with Gasteiger partial charge in [-0.2, -0.15) is 0 Å². The zero-order chi connectivity index (χ0) is 10.6. The van der Waals surface area contributed by atoms with E-state index in [1.807, 2.05) is 0 Å². The Labute approximate surface area is 85.1 Å². The number of ether oxygens (including phenoxy) is 1. The number of nitrogens with two attached hydrogens (primary N) is 1. The Balaban J connectivity index is 2.49. The van der Waals surface area contributed by atoms with Gasteiger partial charge in [-0.05, 0) is 19.8 Å². The lowest BCUT2D eigenvalue weighted by Gasteiger charge is -2.24. The van der Waals surface area contributed by atoms with Crippen LogP contribution in [0, 0.1) is 0 Å². The van der Waals surface area contributed by atoms with Gasteiger partial charge in [0.15, 0.2) is 0 Å². The highest BCUT2D eigenvalue weighted by Crippen LogP contribution is 2.08. The average Bonchev–Trinajstić information content (AvgIpc) is 2.17. The molecular weight excluding hydrogens is 204 g/mol. The van der Waals surface area contributed by atoms with Crippen LogP contribution < -0.4 is 10.5 Å². The summed E-state index contributed by atoms with van der Waals surface area (Å²) in [4.78, 5) is 0. The highest BCUT2D eigenvalue weighted by Gasteiger charge is 2.24. The van der Waals surface area contributed by atoms with Crippen LogP contribution in [0.25, 0.3) is 0 Å². The van der Waals surface area contributed by atoms with E-state index in [1.165, 1.54) is 0 Å². The summed E-state index contributed by atoms with van der Waals surface area (Å²) in [6.07, 6.45) is 1.75. The molecule has 5 nitrogen and oxygen atoms in total. The highest BCUT2D eigenvalue weighted by molar-refractivity contribution is 7.90. The largest absolute Gasteiger partial charge is 0.380 e. The van der Waals surface area contributed by atoms with E-state index in [2.05, 4.69) is 4.72 Å². The molecule has 0 aromatic rings. The van der Waals surface area contributed by atoms with E-state index in [0.717, 1.165) is 19.4 Å². The third kappa shape index (κ3) is 3.20. The van der Waals surface area contributed by atoms with Gasteiger partial charge in [0.05, 0.1) is 11.9 Å². The fourth-order valence-corrected chi connectivity index (χ4v) is 2.44. The topological polar surface area (TPSA) is 81.4 Å². The molecule has 0 amide bonds. The molecule has 0 spiro atoms. The van der Waals surface area contributed by atoms with Gasteiger partial charge in [0, 0.05) is 19.2 Å². The maximum Gasteiger partial charge on any atom is 0.215 e. The minimum absolute atomic E-state index is 0.0808. The summed E-state index contributed by atoms with van der Waals surface area (Å²) in [6, 6.07) is -0.0808. The maximum atomic E-state index is 11.6. The van der Waals surface area contributed by atoms with Crippen molar-refractivity contribution in [2.45, 2.75) is 31.1 Å². The van der Waals surface area contributed by atoms with E-state index in [-0.39, 0.29) is 12.6 Å². The lowest BCUT2D eigenvalue weighted by Crippen LogP contribution is -2.45. The van der Waals surface area contributed by atoms with Gasteiger partial charge < -0.3 is 10.5 Å². The molecule has 84 valence electrons. The Morgan fingerprint density at radius 1 is 1.64 bits per heavy atom. The molecule has 0 radical (unpaired) electrons. The van der Waals surface area contributed by atoms with Crippen LogP contribution in [0.15, 0.2) is 0 Å². The molecule has 1 aliphatic heterocycles. The zero-order valence-electron chi connectivity index (χ0n) is 8.40. The van der Waals surface area contributed by atoms with Crippen LogP contribution >= 0.6 is 0 Å². The van der Waals surface area contributed by atoms with Crippen LogP contribution in [0.1, 0.15) is 19.8 Å². The van der Waals surface area contributed by atoms with Crippen LogP contribution in [0.3, 0.4) is 0 Å². The Kier molecular flexibility index (Phi) is 4.31. The van der Waals surface area contributed by atoms with Crippen molar-refractivity contribution in [3.63, 3.8) is 0 Å². The first-order chi connectivity index (χ1) is 6.56. The fourth-order valence-electron chi connectivity index (χ4n) is 1.31. The predicted molar refractivity (Wildman–Crippen MR) is 54.4 cm³/mol. The van der Waals surface area contributed by atoms with E-state index < -0.39 is 15.3 Å². The standard InChI is InChI=1S/C8H18N2O3S/c1-7(5-9)14(11,12)10-8-3-2-4-13-6-8/h7-8,10H,2-6,9H2,1H3. The van der Waals surface area contributed by atoms with Crippen LogP contribution in [-0.2, 0) is 14.8 Å². The van der Waals surface area contributed by atoms with E-state index in [4.69, 9.17) is 10.5 Å². The van der Waals surface area contributed by atoms with Crippen LogP contribution in [0.5, 0.6) is 0 Å². The van der Waals surface area contributed by atoms with Crippen molar-refractivity contribution in [1.29, 1.82) is 0 Å². The highest BCUT2D eigenvalue weighted by atomic mass is 32.2. The molecule has 1 rings (SSSR count). The number of sulfonamides is 1. The molecule has 0 aromatic carbocycles. The smallest absolute Gasteiger partial charge is 0.215 e. The Hall–Kier alpha value is -0.170. The summed E-state index contributed by atoms with van der Waals surface area (Å²) in [7, 11) is -3.26. The zero-order valence-corrected chi connectivity index (χ0v) is 9.22. The van der Waals surface area contributed by atoms with E-state index in [1.54, 1.807) is 6.92 Å². The van der Waals surface area contributed by atoms with Crippen molar-refractivity contribution < 1.29 is 13.2 Å². The van der Waals surface area contributed by atoms with Crippen LogP contribution in [-0.4, -0.2) is 39.5 Å². The quantitative estimate of drug-likeness (QED) is 0.667. The molecule has 3 N–H and O–H groups in total. The van der Waals surface area contributed by atoms with Crippen molar-refractivity contribution in [3.8, 4) is 0 Å². The molecule has 1 fully saturated rings. The van der Waals surface area contributed by atoms with Gasteiger partial charge in [0.2, 0.25) is 10.0 Å². The molecule has 1 saturated heterocycles. The molecule has 0 aliphatic carbocycles. The Bertz CT molecular complexity index is 260. The second-order valence-corrected chi connectivity index (χ2v) is 5.75. The molecule has 2 unspecified atom stereocenters. The number of nitrogens with one attached hydrogen (secondary N) is 1. The Morgan fingerprint density at radius 3 is 2.86 bits per heavy atom.